The summed E-state index contributed by atoms with van der Waals surface area (Å²) in [6, 6.07) is 5.58. The monoisotopic (exact) mass is 288 g/mol. The van der Waals surface area contributed by atoms with Crippen molar-refractivity contribution in [2.45, 2.75) is 33.1 Å². The van der Waals surface area contributed by atoms with Crippen molar-refractivity contribution < 1.29 is 14.6 Å². The quantitative estimate of drug-likeness (QED) is 0.907. The second kappa shape index (κ2) is 5.24. The third-order valence-electron chi connectivity index (χ3n) is 3.44. The van der Waals surface area contributed by atoms with E-state index in [0.29, 0.717) is 5.69 Å². The molecule has 0 aliphatic heterocycles. The van der Waals surface area contributed by atoms with Crippen LogP contribution in [0, 0.1) is 6.92 Å². The van der Waals surface area contributed by atoms with Crippen LogP contribution in [-0.2, 0) is 5.41 Å². The van der Waals surface area contributed by atoms with Crippen molar-refractivity contribution in [1.29, 1.82) is 0 Å². The number of rotatable bonds is 3. The molecule has 0 amide bonds. The molecule has 1 aromatic carbocycles. The minimum atomic E-state index is -1.03. The van der Waals surface area contributed by atoms with Crippen molar-refractivity contribution in [3.8, 4) is 17.0 Å². The van der Waals surface area contributed by atoms with E-state index in [1.165, 1.54) is 6.07 Å². The highest BCUT2D eigenvalue weighted by molar-refractivity contribution is 5.87. The van der Waals surface area contributed by atoms with Gasteiger partial charge in [-0.25, -0.2) is 4.79 Å². The number of carboxylic acids is 1. The Labute approximate surface area is 124 Å². The van der Waals surface area contributed by atoms with Crippen LogP contribution in [0.2, 0.25) is 0 Å². The third-order valence-corrected chi connectivity index (χ3v) is 3.44. The van der Waals surface area contributed by atoms with E-state index < -0.39 is 5.97 Å². The normalized spacial score (nSPS) is 11.5. The average Bonchev–Trinajstić information content (AvgIpc) is 2.86. The van der Waals surface area contributed by atoms with Gasteiger partial charge < -0.3 is 9.84 Å². The number of ether oxygens (including phenoxy) is 1. The lowest BCUT2D eigenvalue weighted by Gasteiger charge is -2.24. The summed E-state index contributed by atoms with van der Waals surface area (Å²) in [5.74, 6) is -0.289. The summed E-state index contributed by atoms with van der Waals surface area (Å²) in [6.07, 6.45) is 0. The van der Waals surface area contributed by atoms with Crippen LogP contribution in [0.25, 0.3) is 11.3 Å². The number of hydrogen-bond donors (Lipinski definition) is 2. The van der Waals surface area contributed by atoms with Gasteiger partial charge in [-0.1, -0.05) is 32.9 Å². The van der Waals surface area contributed by atoms with E-state index in [1.54, 1.807) is 7.11 Å². The zero-order valence-electron chi connectivity index (χ0n) is 12.9. The first-order chi connectivity index (χ1) is 9.75. The van der Waals surface area contributed by atoms with Gasteiger partial charge in [-0.15, -0.1) is 0 Å². The molecule has 112 valence electrons. The maximum absolute atomic E-state index is 11.0. The SMILES string of the molecule is COc1c(C(C)(C)C)ccc(C)c1-c1cc(C(=O)O)[nH]n1. The number of aromatic amines is 1. The smallest absolute Gasteiger partial charge is 0.353 e. The van der Waals surface area contributed by atoms with Crippen LogP contribution >= 0.6 is 0 Å². The van der Waals surface area contributed by atoms with Crippen LogP contribution in [0.3, 0.4) is 0 Å². The van der Waals surface area contributed by atoms with Crippen molar-refractivity contribution in [3.05, 3.63) is 35.0 Å². The molecule has 2 aromatic rings. The molecular weight excluding hydrogens is 268 g/mol. The number of aromatic carboxylic acids is 1. The summed E-state index contributed by atoms with van der Waals surface area (Å²) in [6.45, 7) is 8.28. The van der Waals surface area contributed by atoms with Crippen molar-refractivity contribution >= 4 is 5.97 Å². The molecule has 5 nitrogen and oxygen atoms in total. The molecule has 0 unspecified atom stereocenters. The Hall–Kier alpha value is -2.30. The van der Waals surface area contributed by atoms with Crippen molar-refractivity contribution in [1.82, 2.24) is 10.2 Å². The number of carboxylic acid groups (broad SMARTS) is 1. The van der Waals surface area contributed by atoms with E-state index in [0.717, 1.165) is 22.4 Å². The van der Waals surface area contributed by atoms with Gasteiger partial charge in [0.15, 0.2) is 0 Å². The first-order valence-corrected chi connectivity index (χ1v) is 6.73. The Bertz CT molecular complexity index is 681. The second-order valence-corrected chi connectivity index (χ2v) is 6.06. The number of hydrogen-bond acceptors (Lipinski definition) is 3. The van der Waals surface area contributed by atoms with Gasteiger partial charge in [-0.3, -0.25) is 5.10 Å². The first kappa shape index (κ1) is 15.1. The Balaban J connectivity index is 2.69. The Morgan fingerprint density at radius 3 is 2.48 bits per heavy atom. The fraction of sp³-hybridized carbons (Fsp3) is 0.375. The molecule has 5 heteroatoms. The van der Waals surface area contributed by atoms with Crippen LogP contribution in [0.15, 0.2) is 18.2 Å². The van der Waals surface area contributed by atoms with E-state index in [9.17, 15) is 4.79 Å². The lowest BCUT2D eigenvalue weighted by atomic mass is 9.83. The van der Waals surface area contributed by atoms with E-state index in [4.69, 9.17) is 9.84 Å². The third kappa shape index (κ3) is 2.77. The number of aromatic nitrogens is 2. The van der Waals surface area contributed by atoms with Gasteiger partial charge >= 0.3 is 5.97 Å². The predicted octanol–water partition coefficient (Wildman–Crippen LogP) is 3.39. The summed E-state index contributed by atoms with van der Waals surface area (Å²) in [5, 5.41) is 15.7. The Kier molecular flexibility index (Phi) is 3.77. The number of nitrogens with zero attached hydrogens (tertiary/aromatic N) is 1. The van der Waals surface area contributed by atoms with Crippen LogP contribution in [0.1, 0.15) is 42.4 Å². The first-order valence-electron chi connectivity index (χ1n) is 6.73. The molecule has 0 spiro atoms. The highest BCUT2D eigenvalue weighted by atomic mass is 16.5. The second-order valence-electron chi connectivity index (χ2n) is 6.06. The van der Waals surface area contributed by atoms with Crippen LogP contribution in [0.4, 0.5) is 0 Å². The summed E-state index contributed by atoms with van der Waals surface area (Å²) < 4.78 is 5.61. The molecule has 2 N–H and O–H groups in total. The molecule has 0 radical (unpaired) electrons. The van der Waals surface area contributed by atoms with Crippen LogP contribution < -0.4 is 4.74 Å². The predicted molar refractivity (Wildman–Crippen MR) is 81.0 cm³/mol. The van der Waals surface area contributed by atoms with E-state index in [1.807, 2.05) is 19.1 Å². The molecule has 0 saturated carbocycles. The Morgan fingerprint density at radius 2 is 2.00 bits per heavy atom. The summed E-state index contributed by atoms with van der Waals surface area (Å²) in [7, 11) is 1.62. The van der Waals surface area contributed by atoms with Crippen LogP contribution in [0.5, 0.6) is 5.75 Å². The van der Waals surface area contributed by atoms with Crippen molar-refractivity contribution in [2.75, 3.05) is 7.11 Å². The summed E-state index contributed by atoms with van der Waals surface area (Å²) in [4.78, 5) is 11.0. The van der Waals surface area contributed by atoms with E-state index in [-0.39, 0.29) is 11.1 Å². The van der Waals surface area contributed by atoms with E-state index >= 15 is 0 Å². The molecule has 0 aliphatic carbocycles. The molecule has 0 saturated heterocycles. The molecule has 0 atom stereocenters. The minimum absolute atomic E-state index is 0.0626. The molecule has 0 aliphatic rings. The number of benzene rings is 1. The number of H-pyrrole nitrogens is 1. The fourth-order valence-corrected chi connectivity index (χ4v) is 2.36. The van der Waals surface area contributed by atoms with Crippen molar-refractivity contribution in [2.24, 2.45) is 0 Å². The summed E-state index contributed by atoms with van der Waals surface area (Å²) in [5.41, 5.74) is 3.43. The van der Waals surface area contributed by atoms with Gasteiger partial charge in [-0.2, -0.15) is 5.10 Å². The Morgan fingerprint density at radius 1 is 1.33 bits per heavy atom. The lowest BCUT2D eigenvalue weighted by Crippen LogP contribution is -2.13. The number of carbonyl (C=O) groups is 1. The highest BCUT2D eigenvalue weighted by Gasteiger charge is 2.24. The zero-order valence-corrected chi connectivity index (χ0v) is 12.9. The van der Waals surface area contributed by atoms with Gasteiger partial charge in [0, 0.05) is 11.1 Å². The van der Waals surface area contributed by atoms with Crippen LogP contribution in [-0.4, -0.2) is 28.4 Å². The van der Waals surface area contributed by atoms with E-state index in [2.05, 4.69) is 31.0 Å². The average molecular weight is 288 g/mol. The maximum atomic E-state index is 11.0. The lowest BCUT2D eigenvalue weighted by molar-refractivity contribution is 0.0690. The molecule has 0 bridgehead atoms. The standard InChI is InChI=1S/C16H20N2O3/c1-9-6-7-10(16(2,3)4)14(21-5)13(9)11-8-12(15(19)20)18-17-11/h6-8H,1-5H3,(H,17,18)(H,19,20). The molecule has 2 rings (SSSR count). The fourth-order valence-electron chi connectivity index (χ4n) is 2.36. The minimum Gasteiger partial charge on any atom is -0.496 e. The van der Waals surface area contributed by atoms with Gasteiger partial charge in [0.2, 0.25) is 0 Å². The molecule has 0 fully saturated rings. The number of nitrogens with one attached hydrogen (secondary N) is 1. The summed E-state index contributed by atoms with van der Waals surface area (Å²) >= 11 is 0. The highest BCUT2D eigenvalue weighted by Crippen LogP contribution is 2.40. The number of aryl methyl sites for hydroxylation is 1. The van der Waals surface area contributed by atoms with Crippen molar-refractivity contribution in [3.63, 3.8) is 0 Å². The molecule has 1 heterocycles. The molecule has 1 aromatic heterocycles. The molecular formula is C16H20N2O3. The number of methoxy groups -OCH3 is 1. The van der Waals surface area contributed by atoms with Gasteiger partial charge in [0.1, 0.15) is 11.4 Å². The maximum Gasteiger partial charge on any atom is 0.353 e. The zero-order chi connectivity index (χ0) is 15.8. The van der Waals surface area contributed by atoms with Gasteiger partial charge in [0.25, 0.3) is 0 Å². The van der Waals surface area contributed by atoms with Gasteiger partial charge in [-0.05, 0) is 24.0 Å². The largest absolute Gasteiger partial charge is 0.496 e. The molecule has 21 heavy (non-hydrogen) atoms. The van der Waals surface area contributed by atoms with Gasteiger partial charge in [0.05, 0.1) is 12.8 Å². The topological polar surface area (TPSA) is 75.2 Å².